The van der Waals surface area contributed by atoms with Crippen LogP contribution in [-0.4, -0.2) is 10.9 Å². The van der Waals surface area contributed by atoms with E-state index in [1.54, 1.807) is 0 Å². The van der Waals surface area contributed by atoms with Gasteiger partial charge in [-0.1, -0.05) is 102 Å². The van der Waals surface area contributed by atoms with E-state index >= 15 is 0 Å². The molecule has 0 saturated heterocycles. The van der Waals surface area contributed by atoms with Crippen molar-refractivity contribution in [3.63, 3.8) is 0 Å². The van der Waals surface area contributed by atoms with Gasteiger partial charge in [0.1, 0.15) is 0 Å². The Morgan fingerprint density at radius 2 is 1.29 bits per heavy atom. The van der Waals surface area contributed by atoms with Crippen molar-refractivity contribution in [2.24, 2.45) is 0 Å². The topological polar surface area (TPSA) is 41.1 Å². The van der Waals surface area contributed by atoms with Gasteiger partial charge >= 0.3 is 0 Å². The van der Waals surface area contributed by atoms with Crippen LogP contribution >= 0.6 is 12.2 Å². The van der Waals surface area contributed by atoms with Crippen molar-refractivity contribution >= 4 is 28.8 Å². The zero-order valence-corrected chi connectivity index (χ0v) is 22.1. The van der Waals surface area contributed by atoms with Gasteiger partial charge < -0.3 is 10.6 Å². The Bertz CT molecular complexity index is 1150. The first-order valence-electron chi connectivity index (χ1n) is 11.8. The van der Waals surface area contributed by atoms with Gasteiger partial charge in [0.15, 0.2) is 10.9 Å². The molecule has 0 aliphatic rings. The molecule has 1 atom stereocenters. The molecule has 0 aliphatic carbocycles. The van der Waals surface area contributed by atoms with Gasteiger partial charge in [-0.15, -0.1) is 0 Å². The Labute approximate surface area is 210 Å². The Morgan fingerprint density at radius 3 is 1.82 bits per heavy atom. The Balaban J connectivity index is 1.65. The van der Waals surface area contributed by atoms with Crippen LogP contribution < -0.4 is 10.6 Å². The van der Waals surface area contributed by atoms with Crippen LogP contribution in [-0.2, 0) is 10.8 Å². The lowest BCUT2D eigenvalue weighted by molar-refractivity contribution is 0.103. The molecule has 3 aromatic carbocycles. The fourth-order valence-electron chi connectivity index (χ4n) is 3.75. The number of carbonyl (C=O) groups excluding carboxylic acids is 1. The van der Waals surface area contributed by atoms with Gasteiger partial charge in [0.05, 0.1) is 6.04 Å². The smallest absolute Gasteiger partial charge is 0.193 e. The zero-order chi connectivity index (χ0) is 25.1. The summed E-state index contributed by atoms with van der Waals surface area (Å²) < 4.78 is 0. The molecule has 3 nitrogen and oxygen atoms in total. The molecule has 178 valence electrons. The first-order chi connectivity index (χ1) is 15.8. The maximum absolute atomic E-state index is 13.0. The summed E-state index contributed by atoms with van der Waals surface area (Å²) in [6.45, 7) is 15.2. The zero-order valence-electron chi connectivity index (χ0n) is 21.3. The number of hydrogen-bond acceptors (Lipinski definition) is 2. The summed E-state index contributed by atoms with van der Waals surface area (Å²) in [6, 6.07) is 24.0. The van der Waals surface area contributed by atoms with E-state index in [0.717, 1.165) is 5.69 Å². The van der Waals surface area contributed by atoms with Crippen molar-refractivity contribution in [1.29, 1.82) is 0 Å². The number of benzene rings is 3. The molecule has 0 fully saturated rings. The summed E-state index contributed by atoms with van der Waals surface area (Å²) in [7, 11) is 0. The van der Waals surface area contributed by atoms with E-state index in [0.29, 0.717) is 16.2 Å². The average Bonchev–Trinajstić information content (AvgIpc) is 2.77. The number of thiocarbonyl (C=S) groups is 1. The number of rotatable bonds is 5. The molecule has 0 radical (unpaired) electrons. The fraction of sp³-hybridized carbons (Fsp3) is 0.333. The van der Waals surface area contributed by atoms with Gasteiger partial charge in [-0.05, 0) is 58.8 Å². The third kappa shape index (κ3) is 6.54. The van der Waals surface area contributed by atoms with Gasteiger partial charge in [-0.25, -0.2) is 0 Å². The molecule has 0 aliphatic heterocycles. The van der Waals surface area contributed by atoms with Crippen LogP contribution in [0.3, 0.4) is 0 Å². The molecule has 3 rings (SSSR count). The Kier molecular flexibility index (Phi) is 7.62. The number of hydrogen-bond donors (Lipinski definition) is 2. The molecule has 0 heterocycles. The molecule has 0 bridgehead atoms. The van der Waals surface area contributed by atoms with Gasteiger partial charge in [0, 0.05) is 16.8 Å². The number of nitrogens with one attached hydrogen (secondary N) is 2. The minimum Gasteiger partial charge on any atom is -0.356 e. The lowest BCUT2D eigenvalue weighted by atomic mass is 9.86. The Morgan fingerprint density at radius 1 is 0.765 bits per heavy atom. The molecule has 4 heteroatoms. The summed E-state index contributed by atoms with van der Waals surface area (Å²) in [5.74, 6) is -0.00436. The summed E-state index contributed by atoms with van der Waals surface area (Å²) in [4.78, 5) is 13.0. The first-order valence-corrected chi connectivity index (χ1v) is 12.2. The molecule has 3 aromatic rings. The highest BCUT2D eigenvalue weighted by atomic mass is 32.1. The van der Waals surface area contributed by atoms with Crippen molar-refractivity contribution in [3.8, 4) is 0 Å². The lowest BCUT2D eigenvalue weighted by Gasteiger charge is -2.21. The first kappa shape index (κ1) is 25.6. The number of anilines is 1. The average molecular weight is 473 g/mol. The highest BCUT2D eigenvalue weighted by Crippen LogP contribution is 2.25. The van der Waals surface area contributed by atoms with Crippen molar-refractivity contribution in [2.75, 3.05) is 5.32 Å². The van der Waals surface area contributed by atoms with Crippen LogP contribution in [0.4, 0.5) is 5.69 Å². The van der Waals surface area contributed by atoms with E-state index in [9.17, 15) is 4.79 Å². The monoisotopic (exact) mass is 472 g/mol. The van der Waals surface area contributed by atoms with E-state index in [-0.39, 0.29) is 22.7 Å². The van der Waals surface area contributed by atoms with Gasteiger partial charge in [0.2, 0.25) is 0 Å². The molecule has 0 aromatic heterocycles. The van der Waals surface area contributed by atoms with E-state index in [1.165, 1.54) is 16.7 Å². The summed E-state index contributed by atoms with van der Waals surface area (Å²) >= 11 is 5.54. The molecule has 34 heavy (non-hydrogen) atoms. The van der Waals surface area contributed by atoms with Crippen molar-refractivity contribution < 1.29 is 4.79 Å². The van der Waals surface area contributed by atoms with Crippen molar-refractivity contribution in [1.82, 2.24) is 5.32 Å². The van der Waals surface area contributed by atoms with Crippen molar-refractivity contribution in [3.05, 3.63) is 101 Å². The number of carbonyl (C=O) groups is 1. The molecular formula is C30H36N2OS. The SMILES string of the molecule is CC(NC(=S)Nc1cccc(C(=O)c2ccc(C(C)(C)C)cc2)c1)c1ccc(C(C)(C)C)cc1. The number of ketones is 1. The minimum absolute atomic E-state index is 0.00436. The summed E-state index contributed by atoms with van der Waals surface area (Å²) in [6.07, 6.45) is 0. The largest absolute Gasteiger partial charge is 0.356 e. The third-order valence-corrected chi connectivity index (χ3v) is 6.24. The normalized spacial score (nSPS) is 12.7. The lowest BCUT2D eigenvalue weighted by Crippen LogP contribution is -2.31. The maximum atomic E-state index is 13.0. The second kappa shape index (κ2) is 10.1. The molecule has 0 spiro atoms. The quantitative estimate of drug-likeness (QED) is 0.297. The standard InChI is InChI=1S/C30H36N2OS/c1-20(21-11-15-24(16-12-21)29(2,3)4)31-28(34)32-26-10-8-9-23(19-26)27(33)22-13-17-25(18-14-22)30(5,6)7/h8-20H,1-7H3,(H2,31,32,34). The van der Waals surface area contributed by atoms with Crippen LogP contribution in [0.15, 0.2) is 72.8 Å². The van der Waals surface area contributed by atoms with Crippen LogP contribution in [0.5, 0.6) is 0 Å². The van der Waals surface area contributed by atoms with Gasteiger partial charge in [-0.3, -0.25) is 4.79 Å². The van der Waals surface area contributed by atoms with Gasteiger partial charge in [0.25, 0.3) is 0 Å². The summed E-state index contributed by atoms with van der Waals surface area (Å²) in [5, 5.41) is 7.08. The summed E-state index contributed by atoms with van der Waals surface area (Å²) in [5.41, 5.74) is 5.95. The van der Waals surface area contributed by atoms with Crippen LogP contribution in [0.1, 0.15) is 87.1 Å². The van der Waals surface area contributed by atoms with E-state index < -0.39 is 0 Å². The minimum atomic E-state index is -0.00436. The second-order valence-electron chi connectivity index (χ2n) is 10.9. The second-order valence-corrected chi connectivity index (χ2v) is 11.3. The van der Waals surface area contributed by atoms with E-state index in [2.05, 4.69) is 83.4 Å². The van der Waals surface area contributed by atoms with E-state index in [4.69, 9.17) is 12.2 Å². The van der Waals surface area contributed by atoms with E-state index in [1.807, 2.05) is 48.5 Å². The maximum Gasteiger partial charge on any atom is 0.193 e. The predicted octanol–water partition coefficient (Wildman–Crippen LogP) is 7.56. The Hall–Kier alpha value is -2.98. The van der Waals surface area contributed by atoms with Crippen LogP contribution in [0.2, 0.25) is 0 Å². The highest BCUT2D eigenvalue weighted by molar-refractivity contribution is 7.80. The molecule has 0 amide bonds. The molecule has 2 N–H and O–H groups in total. The van der Waals surface area contributed by atoms with Crippen molar-refractivity contribution in [2.45, 2.75) is 65.3 Å². The molecular weight excluding hydrogens is 436 g/mol. The highest BCUT2D eigenvalue weighted by Gasteiger charge is 2.16. The van der Waals surface area contributed by atoms with Crippen LogP contribution in [0.25, 0.3) is 0 Å². The fourth-order valence-corrected chi connectivity index (χ4v) is 4.04. The third-order valence-electron chi connectivity index (χ3n) is 6.02. The molecule has 0 saturated carbocycles. The predicted molar refractivity (Wildman–Crippen MR) is 148 cm³/mol. The molecule has 1 unspecified atom stereocenters. The van der Waals surface area contributed by atoms with Crippen LogP contribution in [0, 0.1) is 0 Å². The van der Waals surface area contributed by atoms with Gasteiger partial charge in [-0.2, -0.15) is 0 Å².